The molecule has 2 aliphatic heterocycles. The van der Waals surface area contributed by atoms with Crippen LogP contribution < -0.4 is 0 Å². The van der Waals surface area contributed by atoms with Crippen LogP contribution in [0.5, 0.6) is 0 Å². The molecule has 5 heteroatoms. The van der Waals surface area contributed by atoms with E-state index in [0.29, 0.717) is 6.42 Å². The van der Waals surface area contributed by atoms with Crippen LogP contribution in [-0.2, 0) is 14.3 Å². The second-order valence-corrected chi connectivity index (χ2v) is 3.94. The van der Waals surface area contributed by atoms with Gasteiger partial charge in [0.15, 0.2) is 0 Å². The minimum atomic E-state index is -1.36. The summed E-state index contributed by atoms with van der Waals surface area (Å²) in [6, 6.07) is 0. The van der Waals surface area contributed by atoms with Crippen LogP contribution in [0.25, 0.3) is 0 Å². The number of aliphatic hydroxyl groups excluding tert-OH is 1. The molecule has 0 bridgehead atoms. The number of rotatable bonds is 1. The minimum Gasteiger partial charge on any atom is -0.462 e. The van der Waals surface area contributed by atoms with Crippen LogP contribution in [0.4, 0.5) is 0 Å². The molecule has 0 saturated carbocycles. The Morgan fingerprint density at radius 3 is 2.86 bits per heavy atom. The van der Waals surface area contributed by atoms with Crippen molar-refractivity contribution in [3.63, 3.8) is 0 Å². The molecule has 2 fully saturated rings. The molecule has 0 aliphatic carbocycles. The molecule has 0 radical (unpaired) electrons. The van der Waals surface area contributed by atoms with Gasteiger partial charge >= 0.3 is 5.97 Å². The van der Waals surface area contributed by atoms with Crippen LogP contribution in [0.2, 0.25) is 0 Å². The predicted octanol–water partition coefficient (Wildman–Crippen LogP) is -0.796. The molecule has 2 saturated heterocycles. The Balaban J connectivity index is 2.31. The molecule has 2 rings (SSSR count). The summed E-state index contributed by atoms with van der Waals surface area (Å²) >= 11 is 0. The highest BCUT2D eigenvalue weighted by atomic mass is 16.6. The predicted molar refractivity (Wildman–Crippen MR) is 45.5 cm³/mol. The van der Waals surface area contributed by atoms with Crippen LogP contribution in [0.3, 0.4) is 0 Å². The van der Waals surface area contributed by atoms with E-state index in [2.05, 4.69) is 0 Å². The zero-order chi connectivity index (χ0) is 10.4. The van der Waals surface area contributed by atoms with E-state index in [1.165, 1.54) is 0 Å². The Morgan fingerprint density at radius 1 is 1.64 bits per heavy atom. The molecule has 80 valence electrons. The molecule has 14 heavy (non-hydrogen) atoms. The number of aliphatic hydroxyl groups is 2. The van der Waals surface area contributed by atoms with Crippen molar-refractivity contribution in [1.29, 1.82) is 0 Å². The van der Waals surface area contributed by atoms with E-state index < -0.39 is 17.3 Å². The van der Waals surface area contributed by atoms with E-state index in [4.69, 9.17) is 9.47 Å². The van der Waals surface area contributed by atoms with Crippen molar-refractivity contribution >= 4 is 5.97 Å². The lowest BCUT2D eigenvalue weighted by Gasteiger charge is -2.36. The van der Waals surface area contributed by atoms with E-state index in [9.17, 15) is 15.0 Å². The van der Waals surface area contributed by atoms with E-state index >= 15 is 0 Å². The first kappa shape index (κ1) is 9.89. The van der Waals surface area contributed by atoms with Gasteiger partial charge < -0.3 is 19.7 Å². The van der Waals surface area contributed by atoms with Crippen molar-refractivity contribution in [3.05, 3.63) is 0 Å². The molecular formula is C9H14O5. The summed E-state index contributed by atoms with van der Waals surface area (Å²) < 4.78 is 10.1. The van der Waals surface area contributed by atoms with Gasteiger partial charge in [0.05, 0.1) is 13.0 Å². The van der Waals surface area contributed by atoms with Gasteiger partial charge in [-0.3, -0.25) is 4.79 Å². The average Bonchev–Trinajstić information content (AvgIpc) is 2.65. The Hall–Kier alpha value is -0.650. The maximum atomic E-state index is 11.0. The molecule has 2 N–H and O–H groups in total. The molecule has 1 spiro atoms. The number of ether oxygens (including phenoxy) is 2. The largest absolute Gasteiger partial charge is 0.462 e. The standard InChI is InChI=1S/C9H14O5/c1-2-9(12)6(10)4-14-8(9)3-7(11)13-5-8/h6,10,12H,2-5H2,1H3/t6-,8+,9+/m1/s1. The number of hydrogen-bond donors (Lipinski definition) is 2. The zero-order valence-corrected chi connectivity index (χ0v) is 8.02. The van der Waals surface area contributed by atoms with E-state index in [1.54, 1.807) is 6.92 Å². The minimum absolute atomic E-state index is 0.0222. The average molecular weight is 202 g/mol. The molecule has 2 aliphatic rings. The Labute approximate surface area is 81.6 Å². The summed E-state index contributed by atoms with van der Waals surface area (Å²) in [7, 11) is 0. The van der Waals surface area contributed by atoms with Crippen molar-refractivity contribution in [2.45, 2.75) is 37.1 Å². The molecule has 2 heterocycles. The van der Waals surface area contributed by atoms with Gasteiger partial charge in [0.2, 0.25) is 0 Å². The van der Waals surface area contributed by atoms with Gasteiger partial charge in [0.1, 0.15) is 23.9 Å². The SMILES string of the molecule is CC[C@]1(O)[C@H](O)CO[C@@]12COC(=O)C2. The Kier molecular flexibility index (Phi) is 2.06. The molecule has 0 amide bonds. The molecular weight excluding hydrogens is 188 g/mol. The Morgan fingerprint density at radius 2 is 2.36 bits per heavy atom. The van der Waals surface area contributed by atoms with Crippen LogP contribution in [0.15, 0.2) is 0 Å². The summed E-state index contributed by atoms with van der Waals surface area (Å²) in [6.45, 7) is 1.84. The third-order valence-electron chi connectivity index (χ3n) is 3.29. The fraction of sp³-hybridized carbons (Fsp3) is 0.889. The van der Waals surface area contributed by atoms with Gasteiger partial charge in [-0.05, 0) is 6.42 Å². The van der Waals surface area contributed by atoms with Crippen molar-refractivity contribution < 1.29 is 24.5 Å². The number of carbonyl (C=O) groups excluding carboxylic acids is 1. The molecule has 5 nitrogen and oxygen atoms in total. The van der Waals surface area contributed by atoms with Gasteiger partial charge in [-0.1, -0.05) is 6.92 Å². The monoisotopic (exact) mass is 202 g/mol. The third kappa shape index (κ3) is 1.03. The van der Waals surface area contributed by atoms with Gasteiger partial charge in [-0.15, -0.1) is 0 Å². The van der Waals surface area contributed by atoms with E-state index in [1.807, 2.05) is 0 Å². The summed E-state index contributed by atoms with van der Waals surface area (Å²) in [5.41, 5.74) is -2.39. The highest BCUT2D eigenvalue weighted by Crippen LogP contribution is 2.44. The third-order valence-corrected chi connectivity index (χ3v) is 3.29. The number of carbonyl (C=O) groups is 1. The normalized spacial score (nSPS) is 47.4. The lowest BCUT2D eigenvalue weighted by atomic mass is 9.78. The summed E-state index contributed by atoms with van der Waals surface area (Å²) in [6.07, 6.45) is -0.582. The first-order valence-electron chi connectivity index (χ1n) is 4.74. The van der Waals surface area contributed by atoms with Crippen molar-refractivity contribution in [1.82, 2.24) is 0 Å². The highest BCUT2D eigenvalue weighted by molar-refractivity contribution is 5.73. The quantitative estimate of drug-likeness (QED) is 0.545. The molecule has 0 aromatic carbocycles. The lowest BCUT2D eigenvalue weighted by molar-refractivity contribution is -0.141. The number of esters is 1. The summed E-state index contributed by atoms with van der Waals surface area (Å²) in [5.74, 6) is -0.383. The van der Waals surface area contributed by atoms with Gasteiger partial charge in [0.25, 0.3) is 0 Å². The van der Waals surface area contributed by atoms with Crippen molar-refractivity contribution in [2.24, 2.45) is 0 Å². The van der Waals surface area contributed by atoms with E-state index in [-0.39, 0.29) is 25.6 Å². The smallest absolute Gasteiger partial charge is 0.309 e. The van der Waals surface area contributed by atoms with Gasteiger partial charge in [0, 0.05) is 0 Å². The van der Waals surface area contributed by atoms with Crippen LogP contribution in [0, 0.1) is 0 Å². The second kappa shape index (κ2) is 2.92. The van der Waals surface area contributed by atoms with E-state index in [0.717, 1.165) is 0 Å². The van der Waals surface area contributed by atoms with Crippen LogP contribution >= 0.6 is 0 Å². The maximum Gasteiger partial charge on any atom is 0.309 e. The van der Waals surface area contributed by atoms with Crippen molar-refractivity contribution in [2.75, 3.05) is 13.2 Å². The number of hydrogen-bond acceptors (Lipinski definition) is 5. The zero-order valence-electron chi connectivity index (χ0n) is 8.02. The van der Waals surface area contributed by atoms with Crippen LogP contribution in [0.1, 0.15) is 19.8 Å². The molecule has 0 unspecified atom stereocenters. The fourth-order valence-corrected chi connectivity index (χ4v) is 2.27. The maximum absolute atomic E-state index is 11.0. The topological polar surface area (TPSA) is 76.0 Å². The molecule has 0 aromatic heterocycles. The highest BCUT2D eigenvalue weighted by Gasteiger charge is 2.63. The Bertz CT molecular complexity index is 266. The first-order valence-corrected chi connectivity index (χ1v) is 4.74. The first-order chi connectivity index (χ1) is 6.54. The van der Waals surface area contributed by atoms with Gasteiger partial charge in [-0.25, -0.2) is 0 Å². The van der Waals surface area contributed by atoms with Crippen molar-refractivity contribution in [3.8, 4) is 0 Å². The fourth-order valence-electron chi connectivity index (χ4n) is 2.27. The summed E-state index contributed by atoms with van der Waals surface area (Å²) in [5, 5.41) is 19.8. The summed E-state index contributed by atoms with van der Waals surface area (Å²) in [4.78, 5) is 11.0. The van der Waals surface area contributed by atoms with Gasteiger partial charge in [-0.2, -0.15) is 0 Å². The molecule has 3 atom stereocenters. The second-order valence-electron chi connectivity index (χ2n) is 3.94. The lowest BCUT2D eigenvalue weighted by Crippen LogP contribution is -2.56. The molecule has 0 aromatic rings. The van der Waals surface area contributed by atoms with Crippen LogP contribution in [-0.4, -0.2) is 46.7 Å². The number of cyclic esters (lactones) is 1.